The van der Waals surface area contributed by atoms with Crippen molar-refractivity contribution in [3.63, 3.8) is 0 Å². The highest BCUT2D eigenvalue weighted by Crippen LogP contribution is 2.45. The van der Waals surface area contributed by atoms with Crippen LogP contribution < -0.4 is 5.73 Å². The van der Waals surface area contributed by atoms with Crippen LogP contribution in [0.3, 0.4) is 0 Å². The molecule has 1 atom stereocenters. The van der Waals surface area contributed by atoms with Crippen molar-refractivity contribution in [2.24, 2.45) is 23.2 Å². The number of aliphatic hydroxyl groups excluding tert-OH is 1. The van der Waals surface area contributed by atoms with Crippen molar-refractivity contribution in [1.29, 1.82) is 0 Å². The van der Waals surface area contributed by atoms with Gasteiger partial charge >= 0.3 is 0 Å². The van der Waals surface area contributed by atoms with Gasteiger partial charge in [-0.2, -0.15) is 5.10 Å². The van der Waals surface area contributed by atoms with E-state index < -0.39 is 6.10 Å². The van der Waals surface area contributed by atoms with E-state index in [1.807, 2.05) is 19.5 Å². The summed E-state index contributed by atoms with van der Waals surface area (Å²) in [6.07, 6.45) is 7.55. The van der Waals surface area contributed by atoms with Crippen LogP contribution in [0.2, 0.25) is 0 Å². The third-order valence-electron chi connectivity index (χ3n) is 5.07. The number of nitrogens with two attached hydrogens (primary N) is 1. The van der Waals surface area contributed by atoms with Crippen LogP contribution in [0.5, 0.6) is 0 Å². The Hall–Kier alpha value is -2.47. The second-order valence-corrected chi connectivity index (χ2v) is 7.78. The van der Waals surface area contributed by atoms with Crippen molar-refractivity contribution in [2.75, 3.05) is 6.54 Å². The van der Waals surface area contributed by atoms with Gasteiger partial charge in [0.2, 0.25) is 0 Å². The molecule has 0 aliphatic heterocycles. The summed E-state index contributed by atoms with van der Waals surface area (Å²) in [5.74, 6) is -0.379. The molecule has 1 aromatic carbocycles. The Bertz CT molecular complexity index is 878. The van der Waals surface area contributed by atoms with Crippen molar-refractivity contribution in [3.8, 4) is 11.3 Å². The van der Waals surface area contributed by atoms with Gasteiger partial charge in [0.25, 0.3) is 0 Å². The van der Waals surface area contributed by atoms with Gasteiger partial charge in [-0.3, -0.25) is 9.67 Å². The zero-order valence-electron chi connectivity index (χ0n) is 16.1. The highest BCUT2D eigenvalue weighted by molar-refractivity contribution is 5.80. The van der Waals surface area contributed by atoms with E-state index in [1.54, 1.807) is 23.9 Å². The SMILES string of the molecule is C[C@@H](O)c1cc(F)ccc1-c1nn(C)cc1CC(C=NCC1(C)CC1)=CN. The van der Waals surface area contributed by atoms with E-state index in [4.69, 9.17) is 5.73 Å². The minimum Gasteiger partial charge on any atom is -0.404 e. The molecule has 1 saturated carbocycles. The van der Waals surface area contributed by atoms with Gasteiger partial charge in [-0.15, -0.1) is 0 Å². The molecule has 0 spiro atoms. The second-order valence-electron chi connectivity index (χ2n) is 7.78. The summed E-state index contributed by atoms with van der Waals surface area (Å²) in [6, 6.07) is 4.41. The predicted octanol–water partition coefficient (Wildman–Crippen LogP) is 3.54. The van der Waals surface area contributed by atoms with Gasteiger partial charge < -0.3 is 10.8 Å². The fraction of sp³-hybridized carbons (Fsp3) is 0.429. The van der Waals surface area contributed by atoms with Crippen molar-refractivity contribution in [1.82, 2.24) is 9.78 Å². The van der Waals surface area contributed by atoms with Crippen molar-refractivity contribution in [2.45, 2.75) is 39.2 Å². The fourth-order valence-electron chi connectivity index (χ4n) is 3.11. The molecule has 1 heterocycles. The summed E-state index contributed by atoms with van der Waals surface area (Å²) < 4.78 is 15.4. The molecule has 1 aromatic heterocycles. The van der Waals surface area contributed by atoms with Crippen LogP contribution in [0.25, 0.3) is 11.3 Å². The molecule has 144 valence electrons. The largest absolute Gasteiger partial charge is 0.404 e. The van der Waals surface area contributed by atoms with Crippen LogP contribution in [0.1, 0.15) is 43.9 Å². The Labute approximate surface area is 159 Å². The molecule has 6 heteroatoms. The Morgan fingerprint density at radius 1 is 1.48 bits per heavy atom. The lowest BCUT2D eigenvalue weighted by molar-refractivity contribution is 0.199. The molecule has 1 fully saturated rings. The molecule has 5 nitrogen and oxygen atoms in total. The first-order valence-electron chi connectivity index (χ1n) is 9.22. The normalized spacial score (nSPS) is 17.4. The number of aliphatic hydroxyl groups is 1. The van der Waals surface area contributed by atoms with Crippen LogP contribution in [0, 0.1) is 11.2 Å². The predicted molar refractivity (Wildman–Crippen MR) is 106 cm³/mol. The minimum atomic E-state index is -0.795. The van der Waals surface area contributed by atoms with Gasteiger partial charge in [-0.05, 0) is 60.7 Å². The summed E-state index contributed by atoms with van der Waals surface area (Å²) in [5.41, 5.74) is 9.97. The summed E-state index contributed by atoms with van der Waals surface area (Å²) in [4.78, 5) is 4.55. The lowest BCUT2D eigenvalue weighted by Crippen LogP contribution is -2.02. The zero-order chi connectivity index (χ0) is 19.6. The molecule has 2 aromatic rings. The van der Waals surface area contributed by atoms with Gasteiger partial charge in [0.1, 0.15) is 5.82 Å². The highest BCUT2D eigenvalue weighted by Gasteiger charge is 2.36. The first kappa shape index (κ1) is 19.3. The summed E-state index contributed by atoms with van der Waals surface area (Å²) in [5, 5.41) is 14.6. The molecule has 0 amide bonds. The number of aryl methyl sites for hydroxylation is 1. The van der Waals surface area contributed by atoms with E-state index >= 15 is 0 Å². The third kappa shape index (κ3) is 4.63. The van der Waals surface area contributed by atoms with Gasteiger partial charge in [0, 0.05) is 43.6 Å². The molecule has 1 aliphatic carbocycles. The number of benzene rings is 1. The molecule has 0 bridgehead atoms. The summed E-state index contributed by atoms with van der Waals surface area (Å²) in [6.45, 7) is 4.67. The Kier molecular flexibility index (Phi) is 5.46. The van der Waals surface area contributed by atoms with Gasteiger partial charge in [-0.25, -0.2) is 4.39 Å². The lowest BCUT2D eigenvalue weighted by atomic mass is 9.96. The number of aromatic nitrogens is 2. The van der Waals surface area contributed by atoms with Crippen LogP contribution >= 0.6 is 0 Å². The first-order valence-corrected chi connectivity index (χ1v) is 9.22. The molecule has 27 heavy (non-hydrogen) atoms. The number of nitrogens with zero attached hydrogens (tertiary/aromatic N) is 3. The zero-order valence-corrected chi connectivity index (χ0v) is 16.1. The van der Waals surface area contributed by atoms with Gasteiger partial charge in [-0.1, -0.05) is 6.92 Å². The topological polar surface area (TPSA) is 76.4 Å². The molecule has 3 rings (SSSR count). The number of hydrogen-bond acceptors (Lipinski definition) is 4. The lowest BCUT2D eigenvalue weighted by Gasteiger charge is -2.12. The average Bonchev–Trinajstić information content (AvgIpc) is 3.24. The summed E-state index contributed by atoms with van der Waals surface area (Å²) >= 11 is 0. The molecule has 0 radical (unpaired) electrons. The monoisotopic (exact) mass is 370 g/mol. The fourth-order valence-corrected chi connectivity index (χ4v) is 3.11. The molecule has 3 N–H and O–H groups in total. The van der Waals surface area contributed by atoms with E-state index in [1.165, 1.54) is 25.0 Å². The van der Waals surface area contributed by atoms with Gasteiger partial charge in [0.05, 0.1) is 11.8 Å². The third-order valence-corrected chi connectivity index (χ3v) is 5.07. The molecular formula is C21H27FN4O. The van der Waals surface area contributed by atoms with E-state index in [9.17, 15) is 9.50 Å². The maximum absolute atomic E-state index is 13.7. The van der Waals surface area contributed by atoms with Gasteiger partial charge in [0.15, 0.2) is 0 Å². The van der Waals surface area contributed by atoms with Crippen molar-refractivity contribution < 1.29 is 9.50 Å². The maximum Gasteiger partial charge on any atom is 0.123 e. The Morgan fingerprint density at radius 2 is 2.22 bits per heavy atom. The van der Waals surface area contributed by atoms with Crippen molar-refractivity contribution in [3.05, 3.63) is 53.1 Å². The second kappa shape index (κ2) is 7.64. The average molecular weight is 370 g/mol. The van der Waals surface area contributed by atoms with E-state index in [2.05, 4.69) is 17.0 Å². The number of hydrogen-bond donors (Lipinski definition) is 2. The van der Waals surface area contributed by atoms with E-state index in [-0.39, 0.29) is 5.82 Å². The number of halogens is 1. The minimum absolute atomic E-state index is 0.357. The van der Waals surface area contributed by atoms with Crippen LogP contribution in [0.15, 0.2) is 41.2 Å². The Balaban J connectivity index is 1.88. The standard InChI is InChI=1S/C21H27FN4O/c1-14(27)19-9-17(22)4-5-18(19)20-16(12-26(3)25-20)8-15(10-23)11-24-13-21(2)6-7-21/h4-5,9-12,14,27H,6-8,13,23H2,1-3H3/t14-/m1/s1. The van der Waals surface area contributed by atoms with Crippen LogP contribution in [0.4, 0.5) is 4.39 Å². The molecular weight excluding hydrogens is 343 g/mol. The molecule has 0 saturated heterocycles. The number of aliphatic imine (C=N–C) groups is 1. The summed E-state index contributed by atoms with van der Waals surface area (Å²) in [7, 11) is 1.84. The Morgan fingerprint density at radius 3 is 2.85 bits per heavy atom. The molecule has 0 unspecified atom stereocenters. The van der Waals surface area contributed by atoms with E-state index in [0.29, 0.717) is 17.4 Å². The highest BCUT2D eigenvalue weighted by atomic mass is 19.1. The first-order chi connectivity index (χ1) is 12.8. The van der Waals surface area contributed by atoms with Crippen LogP contribution in [-0.2, 0) is 13.5 Å². The van der Waals surface area contributed by atoms with Crippen LogP contribution in [-0.4, -0.2) is 27.6 Å². The maximum atomic E-state index is 13.7. The molecule has 1 aliphatic rings. The smallest absolute Gasteiger partial charge is 0.123 e. The number of rotatable bonds is 7. The number of allylic oxidation sites excluding steroid dienone is 1. The quantitative estimate of drug-likeness (QED) is 0.732. The van der Waals surface area contributed by atoms with E-state index in [0.717, 1.165) is 28.9 Å². The van der Waals surface area contributed by atoms with Crippen molar-refractivity contribution >= 4 is 6.21 Å².